The molecule has 0 saturated heterocycles. The Morgan fingerprint density at radius 3 is 2.39 bits per heavy atom. The molecule has 0 aliphatic carbocycles. The fourth-order valence-corrected chi connectivity index (χ4v) is 2.07. The molecule has 2 aromatic heterocycles. The molecule has 0 bridgehead atoms. The lowest BCUT2D eigenvalue weighted by atomic mass is 10.2. The number of nitrogens with two attached hydrogens (primary N) is 2. The Balaban J connectivity index is 2.18. The number of pyridine rings is 1. The topological polar surface area (TPSA) is 111 Å². The minimum absolute atomic E-state index is 0.332. The molecule has 6 nitrogen and oxygen atoms in total. The Morgan fingerprint density at radius 2 is 1.89 bits per heavy atom. The van der Waals surface area contributed by atoms with Crippen LogP contribution >= 0.6 is 11.8 Å². The molecule has 2 aromatic rings. The highest BCUT2D eigenvalue weighted by Crippen LogP contribution is 2.25. The third-order valence-electron chi connectivity index (χ3n) is 2.14. The Hall–Kier alpha value is -1.86. The average Bonchev–Trinajstić information content (AvgIpc) is 2.28. The van der Waals surface area contributed by atoms with Crippen molar-refractivity contribution in [1.29, 1.82) is 0 Å². The molecule has 18 heavy (non-hydrogen) atoms. The zero-order valence-electron chi connectivity index (χ0n) is 9.74. The van der Waals surface area contributed by atoms with Crippen LogP contribution < -0.4 is 11.5 Å². The molecule has 7 heteroatoms. The van der Waals surface area contributed by atoms with Crippen LogP contribution in [0.5, 0.6) is 0 Å². The Bertz CT molecular complexity index is 523. The number of hydrogen-bond acceptors (Lipinski definition) is 7. The van der Waals surface area contributed by atoms with Crippen molar-refractivity contribution in [1.82, 2.24) is 15.0 Å². The van der Waals surface area contributed by atoms with Gasteiger partial charge in [-0.3, -0.25) is 4.98 Å². The fraction of sp³-hybridized carbons (Fsp3) is 0.182. The molecule has 0 radical (unpaired) electrons. The summed E-state index contributed by atoms with van der Waals surface area (Å²) in [6.45, 7) is 1.66. The minimum Gasteiger partial charge on any atom is -0.387 e. The maximum absolute atomic E-state index is 9.35. The summed E-state index contributed by atoms with van der Waals surface area (Å²) >= 11 is 1.31. The molecule has 2 heterocycles. The molecule has 2 rings (SSSR count). The van der Waals surface area contributed by atoms with Gasteiger partial charge >= 0.3 is 0 Å². The summed E-state index contributed by atoms with van der Waals surface area (Å²) in [5.74, 6) is 0.664. The van der Waals surface area contributed by atoms with Crippen LogP contribution in [0.4, 0.5) is 11.6 Å². The van der Waals surface area contributed by atoms with E-state index in [2.05, 4.69) is 15.0 Å². The molecule has 1 atom stereocenters. The van der Waals surface area contributed by atoms with Crippen molar-refractivity contribution < 1.29 is 5.11 Å². The Kier molecular flexibility index (Phi) is 3.63. The summed E-state index contributed by atoms with van der Waals surface area (Å²) in [7, 11) is 0. The second kappa shape index (κ2) is 5.19. The summed E-state index contributed by atoms with van der Waals surface area (Å²) < 4.78 is 0. The summed E-state index contributed by atoms with van der Waals surface area (Å²) in [5, 5.41) is 9.82. The monoisotopic (exact) mass is 263 g/mol. The predicted octanol–water partition coefficient (Wildman–Crippen LogP) is 1.24. The zero-order valence-corrected chi connectivity index (χ0v) is 10.6. The van der Waals surface area contributed by atoms with E-state index in [0.717, 1.165) is 4.90 Å². The summed E-state index contributed by atoms with van der Waals surface area (Å²) in [5.41, 5.74) is 11.8. The first-order valence-electron chi connectivity index (χ1n) is 5.26. The van der Waals surface area contributed by atoms with Crippen LogP contribution in [0.15, 0.2) is 34.4 Å². The van der Waals surface area contributed by atoms with Gasteiger partial charge in [0, 0.05) is 17.2 Å². The van der Waals surface area contributed by atoms with E-state index >= 15 is 0 Å². The quantitative estimate of drug-likeness (QED) is 0.714. The largest absolute Gasteiger partial charge is 0.387 e. The highest BCUT2D eigenvalue weighted by atomic mass is 32.2. The van der Waals surface area contributed by atoms with Crippen LogP contribution in [0.1, 0.15) is 18.7 Å². The van der Waals surface area contributed by atoms with Crippen molar-refractivity contribution in [2.45, 2.75) is 23.1 Å². The maximum Gasteiger partial charge on any atom is 0.196 e. The number of aliphatic hydroxyl groups excluding tert-OH is 1. The lowest BCUT2D eigenvalue weighted by Crippen LogP contribution is -1.99. The van der Waals surface area contributed by atoms with E-state index in [9.17, 15) is 5.11 Å². The second-order valence-electron chi connectivity index (χ2n) is 3.70. The Morgan fingerprint density at radius 1 is 1.22 bits per heavy atom. The standard InChI is InChI=1S/C11H13N5OS/c1-6(17)8-3-2-7(5-14-8)18-11-15-9(12)4-10(13)16-11/h2-6,17H,1H3,(H4,12,13,15,16). The molecule has 0 aliphatic rings. The molecule has 5 N–H and O–H groups in total. The van der Waals surface area contributed by atoms with Gasteiger partial charge in [-0.25, -0.2) is 9.97 Å². The van der Waals surface area contributed by atoms with E-state index < -0.39 is 6.10 Å². The van der Waals surface area contributed by atoms with Gasteiger partial charge in [0.25, 0.3) is 0 Å². The van der Waals surface area contributed by atoms with Crippen molar-refractivity contribution >= 4 is 23.4 Å². The average molecular weight is 263 g/mol. The molecule has 0 fully saturated rings. The molecule has 0 spiro atoms. The van der Waals surface area contributed by atoms with Gasteiger partial charge in [0.1, 0.15) is 11.6 Å². The van der Waals surface area contributed by atoms with Crippen LogP contribution in [-0.4, -0.2) is 20.1 Å². The molecule has 0 aliphatic heterocycles. The van der Waals surface area contributed by atoms with E-state index in [1.54, 1.807) is 19.2 Å². The molecular formula is C11H13N5OS. The van der Waals surface area contributed by atoms with Gasteiger partial charge in [-0.2, -0.15) is 0 Å². The van der Waals surface area contributed by atoms with Crippen molar-refractivity contribution in [2.75, 3.05) is 11.5 Å². The number of rotatable bonds is 3. The SMILES string of the molecule is CC(O)c1ccc(Sc2nc(N)cc(N)n2)cn1. The van der Waals surface area contributed by atoms with E-state index in [4.69, 9.17) is 11.5 Å². The third-order valence-corrected chi connectivity index (χ3v) is 2.98. The Labute approximate surface area is 108 Å². The number of aliphatic hydroxyl groups is 1. The van der Waals surface area contributed by atoms with Crippen molar-refractivity contribution in [3.05, 3.63) is 30.1 Å². The first-order valence-corrected chi connectivity index (χ1v) is 6.08. The summed E-state index contributed by atoms with van der Waals surface area (Å²) in [6, 6.07) is 5.09. The molecule has 0 aromatic carbocycles. The van der Waals surface area contributed by atoms with Gasteiger partial charge in [0.2, 0.25) is 0 Å². The van der Waals surface area contributed by atoms with E-state index in [1.165, 1.54) is 17.8 Å². The minimum atomic E-state index is -0.580. The second-order valence-corrected chi connectivity index (χ2v) is 4.74. The van der Waals surface area contributed by atoms with E-state index in [0.29, 0.717) is 22.5 Å². The van der Waals surface area contributed by atoms with E-state index in [-0.39, 0.29) is 0 Å². The van der Waals surface area contributed by atoms with Gasteiger partial charge in [-0.05, 0) is 30.8 Å². The molecular weight excluding hydrogens is 250 g/mol. The number of aromatic nitrogens is 3. The predicted molar refractivity (Wildman–Crippen MR) is 69.9 cm³/mol. The number of hydrogen-bond donors (Lipinski definition) is 3. The highest BCUT2D eigenvalue weighted by molar-refractivity contribution is 7.99. The van der Waals surface area contributed by atoms with Crippen LogP contribution in [0.2, 0.25) is 0 Å². The van der Waals surface area contributed by atoms with Crippen LogP contribution in [0, 0.1) is 0 Å². The third kappa shape index (κ3) is 3.08. The lowest BCUT2D eigenvalue weighted by Gasteiger charge is -2.05. The van der Waals surface area contributed by atoms with Gasteiger partial charge in [0.15, 0.2) is 5.16 Å². The van der Waals surface area contributed by atoms with Crippen molar-refractivity contribution in [2.24, 2.45) is 0 Å². The molecule has 0 amide bonds. The van der Waals surface area contributed by atoms with Crippen LogP contribution in [-0.2, 0) is 0 Å². The number of nitrogen functional groups attached to an aromatic ring is 2. The highest BCUT2D eigenvalue weighted by Gasteiger charge is 2.06. The number of nitrogens with zero attached hydrogens (tertiary/aromatic N) is 3. The van der Waals surface area contributed by atoms with Gasteiger partial charge in [-0.15, -0.1) is 0 Å². The lowest BCUT2D eigenvalue weighted by molar-refractivity contribution is 0.194. The summed E-state index contributed by atoms with van der Waals surface area (Å²) in [6.07, 6.45) is 1.07. The molecule has 94 valence electrons. The van der Waals surface area contributed by atoms with Gasteiger partial charge in [-0.1, -0.05) is 0 Å². The smallest absolute Gasteiger partial charge is 0.196 e. The number of anilines is 2. The van der Waals surface area contributed by atoms with Gasteiger partial charge in [0.05, 0.1) is 11.8 Å². The first-order chi connectivity index (χ1) is 8.54. The summed E-state index contributed by atoms with van der Waals surface area (Å²) in [4.78, 5) is 13.1. The van der Waals surface area contributed by atoms with Crippen molar-refractivity contribution in [3.8, 4) is 0 Å². The van der Waals surface area contributed by atoms with Crippen LogP contribution in [0.3, 0.4) is 0 Å². The molecule has 1 unspecified atom stereocenters. The molecule has 0 saturated carbocycles. The van der Waals surface area contributed by atoms with Crippen LogP contribution in [0.25, 0.3) is 0 Å². The first kappa shape index (κ1) is 12.6. The van der Waals surface area contributed by atoms with Gasteiger partial charge < -0.3 is 16.6 Å². The zero-order chi connectivity index (χ0) is 13.1. The normalized spacial score (nSPS) is 12.3. The van der Waals surface area contributed by atoms with Crippen molar-refractivity contribution in [3.63, 3.8) is 0 Å². The fourth-order valence-electron chi connectivity index (χ4n) is 1.31. The maximum atomic E-state index is 9.35. The van der Waals surface area contributed by atoms with E-state index in [1.807, 2.05) is 6.07 Å².